The van der Waals surface area contributed by atoms with Crippen LogP contribution in [0.1, 0.15) is 5.69 Å². The molecule has 0 spiro atoms. The Hall–Kier alpha value is -0.960. The summed E-state index contributed by atoms with van der Waals surface area (Å²) in [6, 6.07) is 6.03. The molecule has 2 rings (SSSR count). The lowest BCUT2D eigenvalue weighted by Gasteiger charge is -1.91. The van der Waals surface area contributed by atoms with E-state index in [0.29, 0.717) is 5.75 Å². The van der Waals surface area contributed by atoms with Gasteiger partial charge in [0.05, 0.1) is 17.5 Å². The SMILES string of the molecule is SCc1ncn2ccccc12. The molecule has 3 heteroatoms. The van der Waals surface area contributed by atoms with Crippen molar-refractivity contribution in [2.24, 2.45) is 0 Å². The number of pyridine rings is 1. The van der Waals surface area contributed by atoms with Crippen molar-refractivity contribution in [2.75, 3.05) is 0 Å². The summed E-state index contributed by atoms with van der Waals surface area (Å²) in [5.74, 6) is 0.695. The second-order valence-corrected chi connectivity index (χ2v) is 2.66. The van der Waals surface area contributed by atoms with Crippen molar-refractivity contribution in [3.63, 3.8) is 0 Å². The van der Waals surface area contributed by atoms with Gasteiger partial charge in [-0.2, -0.15) is 12.6 Å². The topological polar surface area (TPSA) is 17.3 Å². The molecule has 0 radical (unpaired) electrons. The van der Waals surface area contributed by atoms with E-state index in [0.717, 1.165) is 11.2 Å². The molecule has 0 atom stereocenters. The van der Waals surface area contributed by atoms with Gasteiger partial charge < -0.3 is 4.40 Å². The van der Waals surface area contributed by atoms with Gasteiger partial charge in [-0.1, -0.05) is 6.07 Å². The third-order valence-electron chi connectivity index (χ3n) is 1.67. The minimum absolute atomic E-state index is 0.695. The molecule has 0 aromatic carbocycles. The lowest BCUT2D eigenvalue weighted by Crippen LogP contribution is -1.80. The number of hydrogen-bond donors (Lipinski definition) is 1. The number of imidazole rings is 1. The number of rotatable bonds is 1. The molecule has 0 aliphatic rings. The quantitative estimate of drug-likeness (QED) is 0.636. The van der Waals surface area contributed by atoms with Gasteiger partial charge in [0.25, 0.3) is 0 Å². The largest absolute Gasteiger partial charge is 0.306 e. The molecule has 0 aliphatic carbocycles. The van der Waals surface area contributed by atoms with Crippen LogP contribution in [0.5, 0.6) is 0 Å². The lowest BCUT2D eigenvalue weighted by molar-refractivity contribution is 1.15. The predicted molar refractivity (Wildman–Crippen MR) is 47.9 cm³/mol. The van der Waals surface area contributed by atoms with E-state index in [2.05, 4.69) is 17.6 Å². The standard InChI is InChI=1S/C8H8N2S/c11-5-7-8-3-1-2-4-10(8)6-9-7/h1-4,6,11H,5H2. The van der Waals surface area contributed by atoms with Crippen molar-refractivity contribution in [3.05, 3.63) is 36.4 Å². The van der Waals surface area contributed by atoms with Gasteiger partial charge in [-0.15, -0.1) is 0 Å². The van der Waals surface area contributed by atoms with Crippen LogP contribution in [0, 0.1) is 0 Å². The molecule has 0 aliphatic heterocycles. The second kappa shape index (κ2) is 2.58. The molecule has 0 N–H and O–H groups in total. The van der Waals surface area contributed by atoms with Gasteiger partial charge in [0.15, 0.2) is 0 Å². The summed E-state index contributed by atoms with van der Waals surface area (Å²) in [7, 11) is 0. The molecule has 0 amide bonds. The Morgan fingerprint density at radius 2 is 2.36 bits per heavy atom. The first-order valence-corrected chi connectivity index (χ1v) is 4.06. The Morgan fingerprint density at radius 1 is 1.45 bits per heavy atom. The lowest BCUT2D eigenvalue weighted by atomic mass is 10.3. The minimum atomic E-state index is 0.695. The molecule has 56 valence electrons. The van der Waals surface area contributed by atoms with Crippen LogP contribution in [0.4, 0.5) is 0 Å². The van der Waals surface area contributed by atoms with Crippen molar-refractivity contribution >= 4 is 18.1 Å². The number of thiol groups is 1. The summed E-state index contributed by atoms with van der Waals surface area (Å²) < 4.78 is 1.99. The molecular formula is C8H8N2S. The summed E-state index contributed by atoms with van der Waals surface area (Å²) >= 11 is 4.18. The smallest absolute Gasteiger partial charge is 0.0995 e. The van der Waals surface area contributed by atoms with E-state index < -0.39 is 0 Å². The van der Waals surface area contributed by atoms with Crippen molar-refractivity contribution in [1.29, 1.82) is 0 Å². The Morgan fingerprint density at radius 3 is 3.18 bits per heavy atom. The summed E-state index contributed by atoms with van der Waals surface area (Å²) in [6.45, 7) is 0. The normalized spacial score (nSPS) is 10.6. The van der Waals surface area contributed by atoms with Crippen molar-refractivity contribution in [1.82, 2.24) is 9.38 Å². The zero-order valence-electron chi connectivity index (χ0n) is 5.94. The maximum atomic E-state index is 4.20. The van der Waals surface area contributed by atoms with Crippen LogP contribution in [0.3, 0.4) is 0 Å². The molecule has 2 heterocycles. The van der Waals surface area contributed by atoms with Gasteiger partial charge in [0.1, 0.15) is 0 Å². The van der Waals surface area contributed by atoms with Gasteiger partial charge in [0, 0.05) is 11.9 Å². The van der Waals surface area contributed by atoms with Gasteiger partial charge in [-0.25, -0.2) is 4.98 Å². The molecule has 0 saturated heterocycles. The van der Waals surface area contributed by atoms with E-state index in [1.165, 1.54) is 0 Å². The average Bonchev–Trinajstić information content (AvgIpc) is 2.47. The minimum Gasteiger partial charge on any atom is -0.306 e. The Bertz CT molecular complexity index is 367. The Balaban J connectivity index is 2.76. The molecule has 0 fully saturated rings. The second-order valence-electron chi connectivity index (χ2n) is 2.34. The Labute approximate surface area is 70.3 Å². The molecule has 2 nitrogen and oxygen atoms in total. The molecule has 0 bridgehead atoms. The van der Waals surface area contributed by atoms with Crippen molar-refractivity contribution < 1.29 is 0 Å². The zero-order chi connectivity index (χ0) is 7.68. The van der Waals surface area contributed by atoms with Crippen LogP contribution in [0.15, 0.2) is 30.7 Å². The monoisotopic (exact) mass is 164 g/mol. The van der Waals surface area contributed by atoms with Crippen molar-refractivity contribution in [2.45, 2.75) is 5.75 Å². The maximum Gasteiger partial charge on any atom is 0.0995 e. The van der Waals surface area contributed by atoms with Crippen LogP contribution in [-0.4, -0.2) is 9.38 Å². The number of fused-ring (bicyclic) bond motifs is 1. The molecule has 0 saturated carbocycles. The van der Waals surface area contributed by atoms with Crippen LogP contribution in [0.25, 0.3) is 5.52 Å². The predicted octanol–water partition coefficient (Wildman–Crippen LogP) is 1.76. The van der Waals surface area contributed by atoms with E-state index in [1.807, 2.05) is 28.8 Å². The van der Waals surface area contributed by atoms with E-state index in [1.54, 1.807) is 6.33 Å². The fraction of sp³-hybridized carbons (Fsp3) is 0.125. The van der Waals surface area contributed by atoms with Crippen LogP contribution in [0.2, 0.25) is 0 Å². The molecule has 11 heavy (non-hydrogen) atoms. The van der Waals surface area contributed by atoms with Gasteiger partial charge in [-0.3, -0.25) is 0 Å². The molecule has 0 unspecified atom stereocenters. The highest BCUT2D eigenvalue weighted by Crippen LogP contribution is 2.09. The van der Waals surface area contributed by atoms with Gasteiger partial charge in [-0.05, 0) is 12.1 Å². The first-order valence-electron chi connectivity index (χ1n) is 3.43. The van der Waals surface area contributed by atoms with E-state index >= 15 is 0 Å². The highest BCUT2D eigenvalue weighted by molar-refractivity contribution is 7.79. The first-order chi connectivity index (χ1) is 5.42. The average molecular weight is 164 g/mol. The highest BCUT2D eigenvalue weighted by atomic mass is 32.1. The van der Waals surface area contributed by atoms with E-state index in [4.69, 9.17) is 0 Å². The van der Waals surface area contributed by atoms with E-state index in [9.17, 15) is 0 Å². The Kier molecular flexibility index (Phi) is 1.58. The van der Waals surface area contributed by atoms with Crippen LogP contribution >= 0.6 is 12.6 Å². The molecule has 2 aromatic rings. The summed E-state index contributed by atoms with van der Waals surface area (Å²) in [5.41, 5.74) is 2.18. The van der Waals surface area contributed by atoms with Crippen LogP contribution in [-0.2, 0) is 5.75 Å². The highest BCUT2D eigenvalue weighted by Gasteiger charge is 1.98. The third-order valence-corrected chi connectivity index (χ3v) is 1.97. The first kappa shape index (κ1) is 6.73. The van der Waals surface area contributed by atoms with Crippen molar-refractivity contribution in [3.8, 4) is 0 Å². The number of nitrogens with zero attached hydrogens (tertiary/aromatic N) is 2. The van der Waals surface area contributed by atoms with E-state index in [-0.39, 0.29) is 0 Å². The summed E-state index contributed by atoms with van der Waals surface area (Å²) in [6.07, 6.45) is 3.79. The number of aromatic nitrogens is 2. The third kappa shape index (κ3) is 1.01. The van der Waals surface area contributed by atoms with Gasteiger partial charge >= 0.3 is 0 Å². The summed E-state index contributed by atoms with van der Waals surface area (Å²) in [5, 5.41) is 0. The maximum absolute atomic E-state index is 4.20. The summed E-state index contributed by atoms with van der Waals surface area (Å²) in [4.78, 5) is 4.20. The van der Waals surface area contributed by atoms with Gasteiger partial charge in [0.2, 0.25) is 0 Å². The number of hydrogen-bond acceptors (Lipinski definition) is 2. The van der Waals surface area contributed by atoms with Crippen LogP contribution < -0.4 is 0 Å². The molecule has 2 aromatic heterocycles. The zero-order valence-corrected chi connectivity index (χ0v) is 6.83. The fourth-order valence-corrected chi connectivity index (χ4v) is 1.36. The fourth-order valence-electron chi connectivity index (χ4n) is 1.12. The molecular weight excluding hydrogens is 156 g/mol.